The van der Waals surface area contributed by atoms with Gasteiger partial charge in [-0.25, -0.2) is 0 Å². The van der Waals surface area contributed by atoms with Crippen LogP contribution in [0, 0.1) is 0 Å². The van der Waals surface area contributed by atoms with E-state index in [0.717, 1.165) is 29.8 Å². The summed E-state index contributed by atoms with van der Waals surface area (Å²) < 4.78 is 10.6. The maximum atomic E-state index is 13.0. The van der Waals surface area contributed by atoms with E-state index in [1.807, 2.05) is 18.2 Å². The molecule has 0 saturated carbocycles. The molecule has 1 amide bonds. The lowest BCUT2D eigenvalue weighted by molar-refractivity contribution is 0.0982. The third-order valence-electron chi connectivity index (χ3n) is 4.04. The van der Waals surface area contributed by atoms with Gasteiger partial charge in [-0.05, 0) is 54.8 Å². The number of benzene rings is 2. The van der Waals surface area contributed by atoms with Crippen LogP contribution >= 0.6 is 11.6 Å². The Bertz CT molecular complexity index is 745. The lowest BCUT2D eigenvalue weighted by Gasteiger charge is -2.30. The molecule has 1 aliphatic rings. The van der Waals surface area contributed by atoms with Crippen LogP contribution in [0.15, 0.2) is 36.4 Å². The maximum Gasteiger partial charge on any atom is 0.262 e. The van der Waals surface area contributed by atoms with Crippen molar-refractivity contribution in [3.05, 3.63) is 52.5 Å². The summed E-state index contributed by atoms with van der Waals surface area (Å²) in [5.41, 5.74) is 2.51. The minimum absolute atomic E-state index is 0.101. The third kappa shape index (κ3) is 2.99. The number of carbonyl (C=O) groups is 1. The Morgan fingerprint density at radius 3 is 2.70 bits per heavy atom. The van der Waals surface area contributed by atoms with E-state index in [2.05, 4.69) is 0 Å². The Kier molecular flexibility index (Phi) is 4.44. The monoisotopic (exact) mass is 331 g/mol. The number of ether oxygens (including phenoxy) is 2. The van der Waals surface area contributed by atoms with Gasteiger partial charge in [-0.15, -0.1) is 0 Å². The van der Waals surface area contributed by atoms with Crippen molar-refractivity contribution in [3.63, 3.8) is 0 Å². The predicted molar refractivity (Wildman–Crippen MR) is 91.0 cm³/mol. The van der Waals surface area contributed by atoms with Gasteiger partial charge in [0.25, 0.3) is 5.91 Å². The zero-order chi connectivity index (χ0) is 16.4. The second-order valence-corrected chi connectivity index (χ2v) is 5.84. The fraction of sp³-hybridized carbons (Fsp3) is 0.278. The van der Waals surface area contributed by atoms with E-state index >= 15 is 0 Å². The second kappa shape index (κ2) is 6.50. The molecular weight excluding hydrogens is 314 g/mol. The van der Waals surface area contributed by atoms with Gasteiger partial charge in [-0.2, -0.15) is 0 Å². The summed E-state index contributed by atoms with van der Waals surface area (Å²) in [6, 6.07) is 10.9. The third-order valence-corrected chi connectivity index (χ3v) is 4.28. The first kappa shape index (κ1) is 15.7. The van der Waals surface area contributed by atoms with Crippen molar-refractivity contribution in [2.45, 2.75) is 12.8 Å². The second-order valence-electron chi connectivity index (χ2n) is 5.40. The van der Waals surface area contributed by atoms with Gasteiger partial charge in [0.05, 0.1) is 19.8 Å². The number of halogens is 1. The molecule has 0 fully saturated rings. The molecule has 0 unspecified atom stereocenters. The molecule has 0 aromatic heterocycles. The van der Waals surface area contributed by atoms with Crippen LogP contribution in [0.25, 0.3) is 0 Å². The highest BCUT2D eigenvalue weighted by Crippen LogP contribution is 2.33. The topological polar surface area (TPSA) is 38.8 Å². The largest absolute Gasteiger partial charge is 0.497 e. The van der Waals surface area contributed by atoms with Crippen LogP contribution in [-0.2, 0) is 6.42 Å². The molecule has 0 bridgehead atoms. The van der Waals surface area contributed by atoms with E-state index in [4.69, 9.17) is 21.1 Å². The normalized spacial score (nSPS) is 13.4. The number of hydrogen-bond donors (Lipinski definition) is 0. The minimum atomic E-state index is -0.101. The van der Waals surface area contributed by atoms with Crippen molar-refractivity contribution >= 4 is 23.2 Å². The number of nitrogens with zero attached hydrogens (tertiary/aromatic N) is 1. The molecule has 0 aliphatic carbocycles. The SMILES string of the molecule is COc1ccc2c(c1)CCCN2C(=O)c1cc(Cl)ccc1OC. The molecule has 3 rings (SSSR count). The van der Waals surface area contributed by atoms with Gasteiger partial charge in [0, 0.05) is 17.3 Å². The van der Waals surface area contributed by atoms with E-state index in [-0.39, 0.29) is 5.91 Å². The molecule has 0 spiro atoms. The lowest BCUT2D eigenvalue weighted by atomic mass is 10.00. The zero-order valence-corrected chi connectivity index (χ0v) is 13.9. The molecule has 5 heteroatoms. The van der Waals surface area contributed by atoms with Crippen molar-refractivity contribution in [1.82, 2.24) is 0 Å². The molecule has 1 heterocycles. The van der Waals surface area contributed by atoms with Gasteiger partial charge < -0.3 is 14.4 Å². The molecule has 1 aliphatic heterocycles. The smallest absolute Gasteiger partial charge is 0.262 e. The summed E-state index contributed by atoms with van der Waals surface area (Å²) in [5, 5.41) is 0.515. The summed E-state index contributed by atoms with van der Waals surface area (Å²) in [6.07, 6.45) is 1.85. The Balaban J connectivity index is 2.01. The number of hydrogen-bond acceptors (Lipinski definition) is 3. The molecule has 23 heavy (non-hydrogen) atoms. The summed E-state index contributed by atoms with van der Waals surface area (Å²) in [6.45, 7) is 0.674. The Labute approximate surface area is 140 Å². The summed E-state index contributed by atoms with van der Waals surface area (Å²) >= 11 is 6.05. The Morgan fingerprint density at radius 1 is 1.13 bits per heavy atom. The van der Waals surface area contributed by atoms with E-state index in [9.17, 15) is 4.79 Å². The molecule has 120 valence electrons. The first-order chi connectivity index (χ1) is 11.1. The zero-order valence-electron chi connectivity index (χ0n) is 13.1. The number of anilines is 1. The molecule has 0 radical (unpaired) electrons. The molecule has 0 N–H and O–H groups in total. The molecule has 2 aromatic carbocycles. The molecular formula is C18H18ClNO3. The number of aryl methyl sites for hydroxylation is 1. The van der Waals surface area contributed by atoms with E-state index < -0.39 is 0 Å². The van der Waals surface area contributed by atoms with Crippen LogP contribution < -0.4 is 14.4 Å². The van der Waals surface area contributed by atoms with Crippen LogP contribution in [0.4, 0.5) is 5.69 Å². The van der Waals surface area contributed by atoms with Crippen LogP contribution in [0.5, 0.6) is 11.5 Å². The lowest BCUT2D eigenvalue weighted by Crippen LogP contribution is -2.35. The van der Waals surface area contributed by atoms with Crippen LogP contribution in [0.2, 0.25) is 5.02 Å². The van der Waals surface area contributed by atoms with Gasteiger partial charge in [0.2, 0.25) is 0 Å². The summed E-state index contributed by atoms with van der Waals surface area (Å²) in [7, 11) is 3.19. The Hall–Kier alpha value is -2.20. The summed E-state index contributed by atoms with van der Waals surface area (Å²) in [4.78, 5) is 14.8. The van der Waals surface area contributed by atoms with Gasteiger partial charge in [0.1, 0.15) is 11.5 Å². The first-order valence-corrected chi connectivity index (χ1v) is 7.84. The van der Waals surface area contributed by atoms with Gasteiger partial charge in [0.15, 0.2) is 0 Å². The van der Waals surface area contributed by atoms with Gasteiger partial charge in [-0.1, -0.05) is 11.6 Å². The first-order valence-electron chi connectivity index (χ1n) is 7.46. The highest BCUT2D eigenvalue weighted by Gasteiger charge is 2.26. The van der Waals surface area contributed by atoms with Crippen LogP contribution in [-0.4, -0.2) is 26.7 Å². The number of amides is 1. The number of methoxy groups -OCH3 is 2. The predicted octanol–water partition coefficient (Wildman–Crippen LogP) is 3.95. The molecule has 2 aromatic rings. The minimum Gasteiger partial charge on any atom is -0.497 e. The quantitative estimate of drug-likeness (QED) is 0.854. The average molecular weight is 332 g/mol. The Morgan fingerprint density at radius 2 is 1.96 bits per heavy atom. The molecule has 0 saturated heterocycles. The van der Waals surface area contributed by atoms with Gasteiger partial charge >= 0.3 is 0 Å². The fourth-order valence-corrected chi connectivity index (χ4v) is 3.08. The molecule has 0 atom stereocenters. The highest BCUT2D eigenvalue weighted by atomic mass is 35.5. The van der Waals surface area contributed by atoms with E-state index in [1.54, 1.807) is 37.3 Å². The van der Waals surface area contributed by atoms with Crippen molar-refractivity contribution in [2.24, 2.45) is 0 Å². The van der Waals surface area contributed by atoms with Gasteiger partial charge in [-0.3, -0.25) is 4.79 Å². The van der Waals surface area contributed by atoms with Crippen molar-refractivity contribution in [1.29, 1.82) is 0 Å². The van der Waals surface area contributed by atoms with E-state index in [1.165, 1.54) is 0 Å². The van der Waals surface area contributed by atoms with E-state index in [0.29, 0.717) is 22.9 Å². The number of rotatable bonds is 3. The highest BCUT2D eigenvalue weighted by molar-refractivity contribution is 6.31. The van der Waals surface area contributed by atoms with Crippen molar-refractivity contribution in [3.8, 4) is 11.5 Å². The number of carbonyl (C=O) groups excluding carboxylic acids is 1. The number of fused-ring (bicyclic) bond motifs is 1. The average Bonchev–Trinajstić information content (AvgIpc) is 2.60. The van der Waals surface area contributed by atoms with Crippen LogP contribution in [0.3, 0.4) is 0 Å². The summed E-state index contributed by atoms with van der Waals surface area (Å²) in [5.74, 6) is 1.23. The fourth-order valence-electron chi connectivity index (χ4n) is 2.90. The van der Waals surface area contributed by atoms with Crippen LogP contribution in [0.1, 0.15) is 22.3 Å². The van der Waals surface area contributed by atoms with Crippen molar-refractivity contribution < 1.29 is 14.3 Å². The maximum absolute atomic E-state index is 13.0. The standard InChI is InChI=1S/C18H18ClNO3/c1-22-14-6-7-16-12(10-14)4-3-9-20(16)18(21)15-11-13(19)5-8-17(15)23-2/h5-8,10-11H,3-4,9H2,1-2H3. The molecule has 4 nitrogen and oxygen atoms in total. The van der Waals surface area contributed by atoms with Crippen molar-refractivity contribution in [2.75, 3.05) is 25.7 Å².